The first-order valence-corrected chi connectivity index (χ1v) is 9.82. The number of nitrogens with zero attached hydrogens (tertiary/aromatic N) is 2. The molecule has 1 aromatic carbocycles. The quantitative estimate of drug-likeness (QED) is 0.699. The summed E-state index contributed by atoms with van der Waals surface area (Å²) >= 11 is 0. The molecule has 4 rings (SSSR count). The molecule has 142 valence electrons. The van der Waals surface area contributed by atoms with Crippen LogP contribution in [-0.4, -0.2) is 18.6 Å². The van der Waals surface area contributed by atoms with Crippen LogP contribution in [0.3, 0.4) is 0 Å². The molecule has 2 heterocycles. The number of hydrogen-bond donors (Lipinski definition) is 1. The highest BCUT2D eigenvalue weighted by atomic mass is 32.2. The van der Waals surface area contributed by atoms with Crippen molar-refractivity contribution in [2.24, 2.45) is 0 Å². The van der Waals surface area contributed by atoms with Gasteiger partial charge in [0, 0.05) is 12.0 Å². The summed E-state index contributed by atoms with van der Waals surface area (Å²) in [4.78, 5) is 0. The Kier molecular flexibility index (Phi) is 4.42. The van der Waals surface area contributed by atoms with Gasteiger partial charge in [-0.3, -0.25) is 4.72 Å². The van der Waals surface area contributed by atoms with Gasteiger partial charge >= 0.3 is 0 Å². The number of nitrogens with one attached hydrogen (secondary N) is 1. The van der Waals surface area contributed by atoms with Crippen molar-refractivity contribution in [3.8, 4) is 11.7 Å². The van der Waals surface area contributed by atoms with Gasteiger partial charge in [-0.2, -0.15) is 8.42 Å². The first-order chi connectivity index (χ1) is 12.9. The standard InChI is InChI=1S/C17H15F2N3O4S/c18-12-6-5-11(9-13(12)19)22-27(23,24)15-8-7-14(25-15)17-21-20-16(26-17)10-3-1-2-4-10/h5-10,22H,1-4H2. The molecule has 2 aromatic heterocycles. The van der Waals surface area contributed by atoms with E-state index in [1.54, 1.807) is 0 Å². The van der Waals surface area contributed by atoms with Gasteiger partial charge in [-0.05, 0) is 37.1 Å². The first kappa shape index (κ1) is 17.7. The van der Waals surface area contributed by atoms with Gasteiger partial charge in [-0.15, -0.1) is 10.2 Å². The fourth-order valence-corrected chi connectivity index (χ4v) is 4.00. The van der Waals surface area contributed by atoms with E-state index in [2.05, 4.69) is 14.9 Å². The number of benzene rings is 1. The Morgan fingerprint density at radius 2 is 1.78 bits per heavy atom. The molecule has 1 fully saturated rings. The fraction of sp³-hybridized carbons (Fsp3) is 0.294. The van der Waals surface area contributed by atoms with E-state index in [1.807, 2.05) is 0 Å². The summed E-state index contributed by atoms with van der Waals surface area (Å²) in [5.74, 6) is -1.31. The summed E-state index contributed by atoms with van der Waals surface area (Å²) < 4.78 is 64.0. The van der Waals surface area contributed by atoms with Crippen LogP contribution in [0.4, 0.5) is 14.5 Å². The molecule has 1 N–H and O–H groups in total. The molecule has 0 amide bonds. The maximum absolute atomic E-state index is 13.3. The molecule has 0 bridgehead atoms. The number of furan rings is 1. The number of rotatable bonds is 5. The molecule has 0 saturated heterocycles. The predicted molar refractivity (Wildman–Crippen MR) is 90.4 cm³/mol. The Labute approximate surface area is 153 Å². The molecule has 3 aromatic rings. The largest absolute Gasteiger partial charge is 0.438 e. The van der Waals surface area contributed by atoms with Crippen LogP contribution in [0.25, 0.3) is 11.7 Å². The van der Waals surface area contributed by atoms with E-state index in [-0.39, 0.29) is 23.3 Å². The Balaban J connectivity index is 1.55. The van der Waals surface area contributed by atoms with E-state index >= 15 is 0 Å². The minimum absolute atomic E-state index is 0.0891. The summed E-state index contributed by atoms with van der Waals surface area (Å²) in [5, 5.41) is 7.51. The molecule has 0 radical (unpaired) electrons. The number of halogens is 2. The van der Waals surface area contributed by atoms with Crippen molar-refractivity contribution in [3.05, 3.63) is 47.9 Å². The average Bonchev–Trinajstić information content (AvgIpc) is 3.38. The molecule has 0 unspecified atom stereocenters. The fourth-order valence-electron chi connectivity index (χ4n) is 3.02. The van der Waals surface area contributed by atoms with Gasteiger partial charge < -0.3 is 8.83 Å². The van der Waals surface area contributed by atoms with Gasteiger partial charge in [0.2, 0.25) is 11.0 Å². The second-order valence-corrected chi connectivity index (χ2v) is 7.89. The van der Waals surface area contributed by atoms with Crippen LogP contribution in [0.15, 0.2) is 44.3 Å². The van der Waals surface area contributed by atoms with Gasteiger partial charge in [0.15, 0.2) is 17.4 Å². The van der Waals surface area contributed by atoms with Gasteiger partial charge in [0.1, 0.15) is 0 Å². The topological polar surface area (TPSA) is 98.2 Å². The molecular weight excluding hydrogens is 380 g/mol. The summed E-state index contributed by atoms with van der Waals surface area (Å²) in [6.07, 6.45) is 4.19. The summed E-state index contributed by atoms with van der Waals surface area (Å²) in [6.45, 7) is 0. The summed E-state index contributed by atoms with van der Waals surface area (Å²) in [5.41, 5.74) is -0.131. The van der Waals surface area contributed by atoms with Crippen molar-refractivity contribution in [2.45, 2.75) is 36.7 Å². The van der Waals surface area contributed by atoms with Crippen LogP contribution >= 0.6 is 0 Å². The predicted octanol–water partition coefficient (Wildman–Crippen LogP) is 4.07. The maximum Gasteiger partial charge on any atom is 0.295 e. The molecule has 27 heavy (non-hydrogen) atoms. The third-order valence-electron chi connectivity index (χ3n) is 4.37. The van der Waals surface area contributed by atoms with Crippen molar-refractivity contribution < 1.29 is 26.0 Å². The number of sulfonamides is 1. The molecule has 0 spiro atoms. The van der Waals surface area contributed by atoms with Gasteiger partial charge in [-0.25, -0.2) is 8.78 Å². The molecule has 0 atom stereocenters. The monoisotopic (exact) mass is 395 g/mol. The second kappa shape index (κ2) is 6.76. The van der Waals surface area contributed by atoms with E-state index < -0.39 is 26.8 Å². The van der Waals surface area contributed by atoms with Crippen molar-refractivity contribution in [2.75, 3.05) is 4.72 Å². The second-order valence-electron chi connectivity index (χ2n) is 6.28. The average molecular weight is 395 g/mol. The Morgan fingerprint density at radius 1 is 1.00 bits per heavy atom. The molecule has 1 aliphatic carbocycles. The minimum atomic E-state index is -4.13. The minimum Gasteiger partial charge on any atom is -0.438 e. The lowest BCUT2D eigenvalue weighted by molar-refractivity contribution is 0.421. The van der Waals surface area contributed by atoms with E-state index in [1.165, 1.54) is 12.1 Å². The van der Waals surface area contributed by atoms with Gasteiger partial charge in [0.05, 0.1) is 5.69 Å². The van der Waals surface area contributed by atoms with E-state index in [9.17, 15) is 17.2 Å². The highest BCUT2D eigenvalue weighted by molar-refractivity contribution is 7.92. The van der Waals surface area contributed by atoms with E-state index in [0.29, 0.717) is 5.89 Å². The molecule has 1 saturated carbocycles. The van der Waals surface area contributed by atoms with Crippen LogP contribution in [0.5, 0.6) is 0 Å². The van der Waals surface area contributed by atoms with E-state index in [4.69, 9.17) is 8.83 Å². The molecule has 10 heteroatoms. The van der Waals surface area contributed by atoms with Crippen molar-refractivity contribution in [1.82, 2.24) is 10.2 Å². The zero-order valence-electron chi connectivity index (χ0n) is 14.0. The number of aromatic nitrogens is 2. The zero-order valence-corrected chi connectivity index (χ0v) is 14.8. The Morgan fingerprint density at radius 3 is 2.52 bits per heavy atom. The highest BCUT2D eigenvalue weighted by Crippen LogP contribution is 2.35. The molecular formula is C17H15F2N3O4S. The molecule has 1 aliphatic rings. The Bertz CT molecular complexity index is 1070. The van der Waals surface area contributed by atoms with Crippen LogP contribution in [0, 0.1) is 11.6 Å². The van der Waals surface area contributed by atoms with Crippen molar-refractivity contribution in [3.63, 3.8) is 0 Å². The number of hydrogen-bond acceptors (Lipinski definition) is 6. The van der Waals surface area contributed by atoms with E-state index in [0.717, 1.165) is 43.9 Å². The molecule has 0 aliphatic heterocycles. The van der Waals surface area contributed by atoms with Gasteiger partial charge in [-0.1, -0.05) is 12.8 Å². The van der Waals surface area contributed by atoms with Crippen LogP contribution in [-0.2, 0) is 10.0 Å². The van der Waals surface area contributed by atoms with Crippen LogP contribution in [0.2, 0.25) is 0 Å². The van der Waals surface area contributed by atoms with Crippen molar-refractivity contribution in [1.29, 1.82) is 0 Å². The smallest absolute Gasteiger partial charge is 0.295 e. The summed E-state index contributed by atoms with van der Waals surface area (Å²) in [6, 6.07) is 5.28. The third-order valence-corrected chi connectivity index (χ3v) is 5.63. The van der Waals surface area contributed by atoms with Crippen LogP contribution in [0.1, 0.15) is 37.5 Å². The first-order valence-electron chi connectivity index (χ1n) is 8.34. The maximum atomic E-state index is 13.3. The van der Waals surface area contributed by atoms with Crippen LogP contribution < -0.4 is 4.72 Å². The lowest BCUT2D eigenvalue weighted by Gasteiger charge is -2.05. The lowest BCUT2D eigenvalue weighted by atomic mass is 10.1. The summed E-state index contributed by atoms with van der Waals surface area (Å²) in [7, 11) is -4.13. The normalized spacial score (nSPS) is 15.3. The van der Waals surface area contributed by atoms with Crippen molar-refractivity contribution >= 4 is 15.7 Å². The number of anilines is 1. The highest BCUT2D eigenvalue weighted by Gasteiger charge is 2.25. The zero-order chi connectivity index (χ0) is 19.0. The van der Waals surface area contributed by atoms with Gasteiger partial charge in [0.25, 0.3) is 15.9 Å². The molecule has 7 nitrogen and oxygen atoms in total. The SMILES string of the molecule is O=S(=O)(Nc1ccc(F)c(F)c1)c1ccc(-c2nnc(C3CCCC3)o2)o1. The Hall–Kier alpha value is -2.75. The lowest BCUT2D eigenvalue weighted by Crippen LogP contribution is -2.12. The third kappa shape index (κ3) is 3.57.